The van der Waals surface area contributed by atoms with E-state index in [0.29, 0.717) is 6.79 Å². The van der Waals surface area contributed by atoms with Gasteiger partial charge in [0, 0.05) is 18.5 Å². The molecule has 1 fully saturated rings. The maximum absolute atomic E-state index is 9.23. The Balaban J connectivity index is 1.49. The first-order chi connectivity index (χ1) is 11.6. The second kappa shape index (κ2) is 6.26. The third kappa shape index (κ3) is 3.08. The summed E-state index contributed by atoms with van der Waals surface area (Å²) in [4.78, 5) is 6.89. The Labute approximate surface area is 145 Å². The average molecular weight is 346 g/mol. The molecule has 24 heavy (non-hydrogen) atoms. The van der Waals surface area contributed by atoms with Crippen molar-refractivity contribution in [3.05, 3.63) is 34.8 Å². The van der Waals surface area contributed by atoms with Gasteiger partial charge in [-0.2, -0.15) is 0 Å². The van der Waals surface area contributed by atoms with Crippen LogP contribution in [-0.2, 0) is 13.0 Å². The van der Waals surface area contributed by atoms with Crippen molar-refractivity contribution in [1.82, 2.24) is 4.98 Å². The van der Waals surface area contributed by atoms with Crippen LogP contribution in [0.5, 0.6) is 11.5 Å². The lowest BCUT2D eigenvalue weighted by Gasteiger charge is -2.40. The molecule has 2 aliphatic heterocycles. The standard InChI is InChI=1S/C18H22N2O3S/c1-18(8-13-3-4-15-16(7-13)23-12-22-15)5-2-6-20(11-18)17-19-14(9-21)10-24-17/h3-4,7,10,21H,2,5-6,8-9,11-12H2,1H3. The molecule has 128 valence electrons. The lowest BCUT2D eigenvalue weighted by molar-refractivity contribution is 0.174. The summed E-state index contributed by atoms with van der Waals surface area (Å²) in [7, 11) is 0. The quantitative estimate of drug-likeness (QED) is 0.921. The minimum Gasteiger partial charge on any atom is -0.454 e. The summed E-state index contributed by atoms with van der Waals surface area (Å²) in [5.41, 5.74) is 2.26. The fourth-order valence-corrected chi connectivity index (χ4v) is 4.52. The molecule has 1 unspecified atom stereocenters. The van der Waals surface area contributed by atoms with E-state index < -0.39 is 0 Å². The number of aliphatic hydroxyl groups excluding tert-OH is 1. The summed E-state index contributed by atoms with van der Waals surface area (Å²) < 4.78 is 10.9. The average Bonchev–Trinajstić information content (AvgIpc) is 3.23. The van der Waals surface area contributed by atoms with Gasteiger partial charge in [0.1, 0.15) is 0 Å². The van der Waals surface area contributed by atoms with Crippen LogP contribution in [0.1, 0.15) is 31.0 Å². The van der Waals surface area contributed by atoms with Crippen LogP contribution in [0.15, 0.2) is 23.6 Å². The van der Waals surface area contributed by atoms with E-state index in [2.05, 4.69) is 28.9 Å². The third-order valence-corrected chi connectivity index (χ3v) is 5.77. The van der Waals surface area contributed by atoms with E-state index in [1.54, 1.807) is 11.3 Å². The second-order valence-corrected chi connectivity index (χ2v) is 7.82. The van der Waals surface area contributed by atoms with Crippen molar-refractivity contribution >= 4 is 16.5 Å². The molecule has 1 saturated heterocycles. The number of benzene rings is 1. The van der Waals surface area contributed by atoms with E-state index in [4.69, 9.17) is 9.47 Å². The van der Waals surface area contributed by atoms with Crippen LogP contribution in [0.2, 0.25) is 0 Å². The van der Waals surface area contributed by atoms with Gasteiger partial charge in [-0.15, -0.1) is 11.3 Å². The van der Waals surface area contributed by atoms with Gasteiger partial charge in [-0.05, 0) is 42.4 Å². The van der Waals surface area contributed by atoms with E-state index in [0.717, 1.165) is 48.3 Å². The Morgan fingerprint density at radius 1 is 1.33 bits per heavy atom. The fraction of sp³-hybridized carbons (Fsp3) is 0.500. The van der Waals surface area contributed by atoms with Crippen LogP contribution in [0.3, 0.4) is 0 Å². The first kappa shape index (κ1) is 15.7. The maximum atomic E-state index is 9.23. The molecule has 2 aliphatic rings. The number of anilines is 1. The predicted octanol–water partition coefficient (Wildman–Crippen LogP) is 3.21. The van der Waals surface area contributed by atoms with Crippen molar-refractivity contribution in [2.45, 2.75) is 32.8 Å². The normalized spacial score (nSPS) is 22.8. The molecule has 1 N–H and O–H groups in total. The van der Waals surface area contributed by atoms with Crippen LogP contribution in [0.25, 0.3) is 0 Å². The number of hydrogen-bond acceptors (Lipinski definition) is 6. The van der Waals surface area contributed by atoms with Crippen molar-refractivity contribution < 1.29 is 14.6 Å². The largest absolute Gasteiger partial charge is 0.454 e. The fourth-order valence-electron chi connectivity index (χ4n) is 3.68. The molecule has 1 aromatic carbocycles. The van der Waals surface area contributed by atoms with Gasteiger partial charge in [-0.1, -0.05) is 13.0 Å². The Morgan fingerprint density at radius 2 is 2.21 bits per heavy atom. The first-order valence-corrected chi connectivity index (χ1v) is 9.22. The van der Waals surface area contributed by atoms with Gasteiger partial charge >= 0.3 is 0 Å². The molecule has 0 saturated carbocycles. The van der Waals surface area contributed by atoms with Gasteiger partial charge in [-0.3, -0.25) is 0 Å². The molecule has 1 atom stereocenters. The number of rotatable bonds is 4. The lowest BCUT2D eigenvalue weighted by atomic mass is 9.77. The molecule has 0 aliphatic carbocycles. The summed E-state index contributed by atoms with van der Waals surface area (Å²) in [6, 6.07) is 6.26. The Hall–Kier alpha value is -1.79. The van der Waals surface area contributed by atoms with Gasteiger partial charge in [0.15, 0.2) is 16.6 Å². The Morgan fingerprint density at radius 3 is 3.04 bits per heavy atom. The SMILES string of the molecule is CC1(Cc2ccc3c(c2)OCO3)CCCN(c2nc(CO)cs2)C1. The van der Waals surface area contributed by atoms with Gasteiger partial charge in [0.2, 0.25) is 6.79 Å². The summed E-state index contributed by atoms with van der Waals surface area (Å²) >= 11 is 1.62. The third-order valence-electron chi connectivity index (χ3n) is 4.82. The number of aromatic nitrogens is 1. The molecular weight excluding hydrogens is 324 g/mol. The predicted molar refractivity (Wildman–Crippen MR) is 93.9 cm³/mol. The highest BCUT2D eigenvalue weighted by atomic mass is 32.1. The zero-order valence-electron chi connectivity index (χ0n) is 13.8. The number of nitrogens with zero attached hydrogens (tertiary/aromatic N) is 2. The van der Waals surface area contributed by atoms with Gasteiger partial charge in [0.05, 0.1) is 12.3 Å². The summed E-state index contributed by atoms with van der Waals surface area (Å²) in [6.45, 7) is 4.71. The molecule has 0 amide bonds. The topological polar surface area (TPSA) is 54.8 Å². The Kier molecular flexibility index (Phi) is 4.10. The van der Waals surface area contributed by atoms with Gasteiger partial charge in [0.25, 0.3) is 0 Å². The molecule has 4 rings (SSSR count). The van der Waals surface area contributed by atoms with E-state index in [-0.39, 0.29) is 12.0 Å². The molecule has 0 radical (unpaired) electrons. The molecular formula is C18H22N2O3S. The number of thiazole rings is 1. The molecule has 1 aromatic heterocycles. The second-order valence-electron chi connectivity index (χ2n) is 6.98. The highest BCUT2D eigenvalue weighted by Crippen LogP contribution is 2.39. The highest BCUT2D eigenvalue weighted by Gasteiger charge is 2.32. The summed E-state index contributed by atoms with van der Waals surface area (Å²) in [5.74, 6) is 1.70. The van der Waals surface area contributed by atoms with E-state index in [9.17, 15) is 5.11 Å². The van der Waals surface area contributed by atoms with Gasteiger partial charge < -0.3 is 19.5 Å². The highest BCUT2D eigenvalue weighted by molar-refractivity contribution is 7.13. The van der Waals surface area contributed by atoms with Gasteiger partial charge in [-0.25, -0.2) is 4.98 Å². The van der Waals surface area contributed by atoms with E-state index >= 15 is 0 Å². The number of fused-ring (bicyclic) bond motifs is 1. The van der Waals surface area contributed by atoms with Crippen LogP contribution >= 0.6 is 11.3 Å². The molecule has 5 nitrogen and oxygen atoms in total. The van der Waals surface area contributed by atoms with Crippen molar-refractivity contribution in [3.63, 3.8) is 0 Å². The minimum absolute atomic E-state index is 0.0127. The zero-order valence-corrected chi connectivity index (χ0v) is 14.6. The van der Waals surface area contributed by atoms with E-state index in [1.165, 1.54) is 12.0 Å². The minimum atomic E-state index is 0.0127. The van der Waals surface area contributed by atoms with Crippen LogP contribution < -0.4 is 14.4 Å². The molecule has 2 aromatic rings. The van der Waals surface area contributed by atoms with Crippen molar-refractivity contribution in [3.8, 4) is 11.5 Å². The van der Waals surface area contributed by atoms with Crippen molar-refractivity contribution in [2.75, 3.05) is 24.8 Å². The number of ether oxygens (including phenoxy) is 2. The van der Waals surface area contributed by atoms with Crippen LogP contribution in [-0.4, -0.2) is 30.0 Å². The van der Waals surface area contributed by atoms with Crippen molar-refractivity contribution in [2.24, 2.45) is 5.41 Å². The molecule has 3 heterocycles. The van der Waals surface area contributed by atoms with Crippen LogP contribution in [0, 0.1) is 5.41 Å². The summed E-state index contributed by atoms with van der Waals surface area (Å²) in [5, 5.41) is 12.2. The number of piperidine rings is 1. The molecule has 6 heteroatoms. The Bertz CT molecular complexity index is 733. The monoisotopic (exact) mass is 346 g/mol. The first-order valence-electron chi connectivity index (χ1n) is 8.34. The zero-order chi connectivity index (χ0) is 16.6. The van der Waals surface area contributed by atoms with E-state index in [1.807, 2.05) is 11.4 Å². The lowest BCUT2D eigenvalue weighted by Crippen LogP contribution is -2.42. The molecule has 0 spiro atoms. The maximum Gasteiger partial charge on any atom is 0.231 e. The summed E-state index contributed by atoms with van der Waals surface area (Å²) in [6.07, 6.45) is 3.38. The number of hydrogen-bond donors (Lipinski definition) is 1. The van der Waals surface area contributed by atoms with Crippen LogP contribution in [0.4, 0.5) is 5.13 Å². The van der Waals surface area contributed by atoms with Crippen molar-refractivity contribution in [1.29, 1.82) is 0 Å². The smallest absolute Gasteiger partial charge is 0.231 e. The molecule has 0 bridgehead atoms. The number of aliphatic hydroxyl groups is 1.